The fraction of sp³-hybridized carbons (Fsp3) is 0.0625. The van der Waals surface area contributed by atoms with E-state index in [1.54, 1.807) is 0 Å². The zero-order valence-corrected chi connectivity index (χ0v) is 11.3. The Bertz CT molecular complexity index is 831. The lowest BCUT2D eigenvalue weighted by Gasteiger charge is -2.09. The summed E-state index contributed by atoms with van der Waals surface area (Å²) in [5.41, 5.74) is 1.76. The summed E-state index contributed by atoms with van der Waals surface area (Å²) in [5.74, 6) is -0.255. The molecule has 1 aromatic carbocycles. The number of pyridine rings is 2. The van der Waals surface area contributed by atoms with E-state index in [1.807, 2.05) is 37.3 Å². The number of carboxylic acid groups (broad SMARTS) is 1. The normalized spacial score (nSPS) is 10.5. The average Bonchev–Trinajstić information content (AvgIpc) is 2.48. The minimum Gasteiger partial charge on any atom is -0.478 e. The molecule has 21 heavy (non-hydrogen) atoms. The highest BCUT2D eigenvalue weighted by Gasteiger charge is 2.09. The van der Waals surface area contributed by atoms with Crippen molar-refractivity contribution in [1.29, 1.82) is 0 Å². The van der Waals surface area contributed by atoms with Crippen LogP contribution in [0.2, 0.25) is 0 Å². The summed E-state index contributed by atoms with van der Waals surface area (Å²) in [5, 5.41) is 9.99. The topological polar surface area (TPSA) is 72.3 Å². The van der Waals surface area contributed by atoms with Gasteiger partial charge in [0.15, 0.2) is 0 Å². The van der Waals surface area contributed by atoms with Crippen molar-refractivity contribution in [3.63, 3.8) is 0 Å². The van der Waals surface area contributed by atoms with Crippen molar-refractivity contribution >= 4 is 16.9 Å². The van der Waals surface area contributed by atoms with Crippen LogP contribution in [0.1, 0.15) is 15.9 Å². The van der Waals surface area contributed by atoms with Crippen LogP contribution in [0.25, 0.3) is 10.9 Å². The second-order valence-electron chi connectivity index (χ2n) is 4.62. The van der Waals surface area contributed by atoms with E-state index >= 15 is 0 Å². The van der Waals surface area contributed by atoms with E-state index in [1.165, 1.54) is 18.5 Å². The lowest BCUT2D eigenvalue weighted by atomic mass is 10.2. The number of aromatic nitrogens is 2. The smallest absolute Gasteiger partial charge is 0.337 e. The molecule has 0 spiro atoms. The van der Waals surface area contributed by atoms with Gasteiger partial charge in [0.25, 0.3) is 0 Å². The third-order valence-corrected chi connectivity index (χ3v) is 3.04. The van der Waals surface area contributed by atoms with Gasteiger partial charge in [0, 0.05) is 17.1 Å². The minimum absolute atomic E-state index is 0.0749. The van der Waals surface area contributed by atoms with E-state index in [2.05, 4.69) is 9.97 Å². The summed E-state index contributed by atoms with van der Waals surface area (Å²) >= 11 is 0. The van der Waals surface area contributed by atoms with Gasteiger partial charge in [-0.1, -0.05) is 18.2 Å². The van der Waals surface area contributed by atoms with E-state index in [0.29, 0.717) is 11.6 Å². The van der Waals surface area contributed by atoms with Crippen molar-refractivity contribution in [2.75, 3.05) is 0 Å². The van der Waals surface area contributed by atoms with Crippen LogP contribution in [0.3, 0.4) is 0 Å². The van der Waals surface area contributed by atoms with E-state index in [9.17, 15) is 4.79 Å². The number of para-hydroxylation sites is 1. The number of hydrogen-bond donors (Lipinski definition) is 1. The Hall–Kier alpha value is -2.95. The number of fused-ring (bicyclic) bond motifs is 1. The van der Waals surface area contributed by atoms with Gasteiger partial charge in [-0.15, -0.1) is 0 Å². The molecule has 2 heterocycles. The predicted molar refractivity (Wildman–Crippen MR) is 77.8 cm³/mol. The largest absolute Gasteiger partial charge is 0.478 e. The van der Waals surface area contributed by atoms with Gasteiger partial charge in [-0.05, 0) is 25.1 Å². The average molecular weight is 280 g/mol. The molecule has 3 rings (SSSR count). The number of aryl methyl sites for hydroxylation is 1. The molecular weight excluding hydrogens is 268 g/mol. The number of nitrogens with zero attached hydrogens (tertiary/aromatic N) is 2. The fourth-order valence-corrected chi connectivity index (χ4v) is 2.01. The maximum Gasteiger partial charge on any atom is 0.337 e. The molecule has 0 radical (unpaired) electrons. The van der Waals surface area contributed by atoms with Gasteiger partial charge in [-0.25, -0.2) is 9.78 Å². The first-order valence-electron chi connectivity index (χ1n) is 6.36. The van der Waals surface area contributed by atoms with Crippen LogP contribution in [-0.2, 0) is 0 Å². The summed E-state index contributed by atoms with van der Waals surface area (Å²) in [6.45, 7) is 1.89. The molecule has 0 aliphatic carbocycles. The van der Waals surface area contributed by atoms with E-state index < -0.39 is 5.97 Å². The standard InChI is InChI=1S/C16H12N2O3/c1-10-6-11-4-2-3-5-14(11)18-15(10)21-13-7-12(16(19)20)8-17-9-13/h2-9H,1H3,(H,19,20). The van der Waals surface area contributed by atoms with Crippen molar-refractivity contribution in [2.24, 2.45) is 0 Å². The van der Waals surface area contributed by atoms with Crippen molar-refractivity contribution in [1.82, 2.24) is 9.97 Å². The summed E-state index contributed by atoms with van der Waals surface area (Å²) < 4.78 is 5.67. The number of hydrogen-bond acceptors (Lipinski definition) is 4. The van der Waals surface area contributed by atoms with Crippen molar-refractivity contribution in [3.8, 4) is 11.6 Å². The van der Waals surface area contributed by atoms with Crippen LogP contribution < -0.4 is 4.74 Å². The lowest BCUT2D eigenvalue weighted by Crippen LogP contribution is -1.98. The lowest BCUT2D eigenvalue weighted by molar-refractivity contribution is 0.0696. The van der Waals surface area contributed by atoms with Gasteiger partial charge in [0.1, 0.15) is 5.75 Å². The molecular formula is C16H12N2O3. The molecule has 0 saturated carbocycles. The molecule has 0 amide bonds. The van der Waals surface area contributed by atoms with Gasteiger partial charge < -0.3 is 9.84 Å². The molecule has 2 aromatic heterocycles. The monoisotopic (exact) mass is 280 g/mol. The van der Waals surface area contributed by atoms with Gasteiger partial charge >= 0.3 is 5.97 Å². The first-order chi connectivity index (χ1) is 10.1. The Morgan fingerprint density at radius 2 is 2.00 bits per heavy atom. The van der Waals surface area contributed by atoms with Crippen LogP contribution >= 0.6 is 0 Å². The highest BCUT2D eigenvalue weighted by Crippen LogP contribution is 2.26. The summed E-state index contributed by atoms with van der Waals surface area (Å²) in [4.78, 5) is 19.2. The molecule has 0 aliphatic rings. The molecule has 104 valence electrons. The fourth-order valence-electron chi connectivity index (χ4n) is 2.01. The molecule has 0 aliphatic heterocycles. The molecule has 0 fully saturated rings. The number of carbonyl (C=O) groups is 1. The minimum atomic E-state index is -1.05. The Labute approximate surface area is 120 Å². The zero-order chi connectivity index (χ0) is 14.8. The van der Waals surface area contributed by atoms with Crippen molar-refractivity contribution in [3.05, 3.63) is 59.9 Å². The second kappa shape index (κ2) is 5.20. The van der Waals surface area contributed by atoms with E-state index in [4.69, 9.17) is 9.84 Å². The SMILES string of the molecule is Cc1cc2ccccc2nc1Oc1cncc(C(=O)O)c1. The molecule has 5 heteroatoms. The maximum absolute atomic E-state index is 10.9. The number of aromatic carboxylic acids is 1. The maximum atomic E-state index is 10.9. The van der Waals surface area contributed by atoms with Crippen LogP contribution in [0.5, 0.6) is 11.6 Å². The summed E-state index contributed by atoms with van der Waals surface area (Å²) in [7, 11) is 0. The Morgan fingerprint density at radius 1 is 1.19 bits per heavy atom. The molecule has 0 atom stereocenters. The first kappa shape index (κ1) is 13.1. The predicted octanol–water partition coefficient (Wildman–Crippen LogP) is 3.43. The highest BCUT2D eigenvalue weighted by molar-refractivity contribution is 5.87. The second-order valence-corrected chi connectivity index (χ2v) is 4.62. The van der Waals surface area contributed by atoms with Crippen LogP contribution in [0, 0.1) is 6.92 Å². The van der Waals surface area contributed by atoms with E-state index in [0.717, 1.165) is 16.5 Å². The van der Waals surface area contributed by atoms with Gasteiger partial charge in [-0.2, -0.15) is 0 Å². The molecule has 0 unspecified atom stereocenters. The Kier molecular flexibility index (Phi) is 3.23. The molecule has 1 N–H and O–H groups in total. The quantitative estimate of drug-likeness (QED) is 0.795. The van der Waals surface area contributed by atoms with Crippen molar-refractivity contribution in [2.45, 2.75) is 6.92 Å². The van der Waals surface area contributed by atoms with Gasteiger partial charge in [0.2, 0.25) is 5.88 Å². The van der Waals surface area contributed by atoms with E-state index in [-0.39, 0.29) is 5.56 Å². The van der Waals surface area contributed by atoms with Crippen LogP contribution in [0.15, 0.2) is 48.8 Å². The van der Waals surface area contributed by atoms with Crippen LogP contribution in [0.4, 0.5) is 0 Å². The van der Waals surface area contributed by atoms with Gasteiger partial charge in [0.05, 0.1) is 17.3 Å². The molecule has 3 aromatic rings. The molecule has 0 saturated heterocycles. The first-order valence-corrected chi connectivity index (χ1v) is 6.36. The molecule has 5 nitrogen and oxygen atoms in total. The number of ether oxygens (including phenoxy) is 1. The highest BCUT2D eigenvalue weighted by atomic mass is 16.5. The number of carboxylic acids is 1. The van der Waals surface area contributed by atoms with Crippen LogP contribution in [-0.4, -0.2) is 21.0 Å². The van der Waals surface area contributed by atoms with Gasteiger partial charge in [-0.3, -0.25) is 4.98 Å². The third-order valence-electron chi connectivity index (χ3n) is 3.04. The number of benzene rings is 1. The third kappa shape index (κ3) is 2.67. The zero-order valence-electron chi connectivity index (χ0n) is 11.3. The number of rotatable bonds is 3. The Morgan fingerprint density at radius 3 is 2.81 bits per heavy atom. The summed E-state index contributed by atoms with van der Waals surface area (Å²) in [6, 6.07) is 11.1. The Balaban J connectivity index is 1.99. The summed E-state index contributed by atoms with van der Waals surface area (Å²) in [6.07, 6.45) is 2.73. The van der Waals surface area contributed by atoms with Crippen molar-refractivity contribution < 1.29 is 14.6 Å². The molecule has 0 bridgehead atoms.